The summed E-state index contributed by atoms with van der Waals surface area (Å²) in [6.07, 6.45) is 5.52. The molecule has 1 aliphatic rings. The number of rotatable bonds is 9. The van der Waals surface area contributed by atoms with Gasteiger partial charge in [0.15, 0.2) is 5.16 Å². The van der Waals surface area contributed by atoms with Crippen molar-refractivity contribution in [1.82, 2.24) is 19.4 Å². The molecule has 1 aliphatic heterocycles. The van der Waals surface area contributed by atoms with Gasteiger partial charge >= 0.3 is 0 Å². The van der Waals surface area contributed by atoms with Crippen LogP contribution in [0.4, 0.5) is 0 Å². The zero-order valence-electron chi connectivity index (χ0n) is 21.7. The van der Waals surface area contributed by atoms with Crippen molar-refractivity contribution < 1.29 is 4.79 Å². The van der Waals surface area contributed by atoms with Gasteiger partial charge in [0.1, 0.15) is 0 Å². The normalized spacial score (nSPS) is 14.3. The average Bonchev–Trinajstić information content (AvgIpc) is 2.96. The Morgan fingerprint density at radius 2 is 1.72 bits per heavy atom. The van der Waals surface area contributed by atoms with Crippen molar-refractivity contribution >= 4 is 46.2 Å². The topological polar surface area (TPSA) is 58.4 Å². The van der Waals surface area contributed by atoms with Crippen LogP contribution < -0.4 is 5.56 Å². The molecule has 0 radical (unpaired) electrons. The number of piperazine rings is 1. The highest BCUT2D eigenvalue weighted by Crippen LogP contribution is 2.24. The fourth-order valence-electron chi connectivity index (χ4n) is 4.68. The van der Waals surface area contributed by atoms with Crippen LogP contribution in [0.2, 0.25) is 5.02 Å². The van der Waals surface area contributed by atoms with Crippen molar-refractivity contribution in [2.75, 3.05) is 38.5 Å². The van der Waals surface area contributed by atoms with E-state index in [1.165, 1.54) is 17.3 Å². The first-order valence-electron chi connectivity index (χ1n) is 13.2. The molecule has 0 N–H and O–H groups in total. The van der Waals surface area contributed by atoms with Gasteiger partial charge in [0.05, 0.1) is 16.6 Å². The molecule has 1 aromatic heterocycles. The lowest BCUT2D eigenvalue weighted by molar-refractivity contribution is -0.132. The van der Waals surface area contributed by atoms with E-state index in [0.29, 0.717) is 45.4 Å². The number of carbonyl (C=O) groups excluding carboxylic acids is 1. The lowest BCUT2D eigenvalue weighted by Gasteiger charge is -2.34. The van der Waals surface area contributed by atoms with Gasteiger partial charge in [-0.2, -0.15) is 0 Å². The lowest BCUT2D eigenvalue weighted by atomic mass is 10.2. The SMILES string of the molecule is O=C(CCCSc1nc2ccccc2c(=O)n1-c1cccc(Cl)c1)N1CCN(C/C=C/c2ccccc2)CC1. The molecule has 0 spiro atoms. The van der Waals surface area contributed by atoms with Gasteiger partial charge in [0.2, 0.25) is 5.91 Å². The second-order valence-corrected chi connectivity index (χ2v) is 11.0. The predicted octanol–water partition coefficient (Wildman–Crippen LogP) is 5.77. The van der Waals surface area contributed by atoms with Crippen LogP contribution in [0, 0.1) is 0 Å². The second kappa shape index (κ2) is 13.1. The Bertz CT molecular complexity index is 1510. The molecule has 0 aliphatic carbocycles. The zero-order chi connectivity index (χ0) is 27.0. The maximum Gasteiger partial charge on any atom is 0.266 e. The van der Waals surface area contributed by atoms with Crippen LogP contribution in [0.5, 0.6) is 0 Å². The third-order valence-electron chi connectivity index (χ3n) is 6.78. The van der Waals surface area contributed by atoms with Crippen LogP contribution in [0.1, 0.15) is 18.4 Å². The number of carbonyl (C=O) groups is 1. The van der Waals surface area contributed by atoms with Crippen LogP contribution >= 0.6 is 23.4 Å². The first kappa shape index (κ1) is 27.2. The molecular weight excluding hydrogens is 528 g/mol. The molecule has 0 bridgehead atoms. The van der Waals surface area contributed by atoms with E-state index >= 15 is 0 Å². The Kier molecular flexibility index (Phi) is 9.14. The van der Waals surface area contributed by atoms with Gasteiger partial charge in [-0.3, -0.25) is 19.1 Å². The number of fused-ring (bicyclic) bond motifs is 1. The molecule has 1 amide bonds. The summed E-state index contributed by atoms with van der Waals surface area (Å²) in [6, 6.07) is 24.9. The first-order valence-corrected chi connectivity index (χ1v) is 14.6. The van der Waals surface area contributed by atoms with Gasteiger partial charge < -0.3 is 4.90 Å². The molecular formula is C31H31ClN4O2S. The van der Waals surface area contributed by atoms with E-state index in [-0.39, 0.29) is 11.5 Å². The molecule has 0 saturated carbocycles. The van der Waals surface area contributed by atoms with Gasteiger partial charge in [-0.15, -0.1) is 0 Å². The van der Waals surface area contributed by atoms with E-state index in [2.05, 4.69) is 29.2 Å². The van der Waals surface area contributed by atoms with E-state index in [9.17, 15) is 9.59 Å². The van der Waals surface area contributed by atoms with Gasteiger partial charge in [0, 0.05) is 49.9 Å². The van der Waals surface area contributed by atoms with Crippen molar-refractivity contribution in [3.8, 4) is 5.69 Å². The Labute approximate surface area is 237 Å². The van der Waals surface area contributed by atoms with Crippen LogP contribution in [-0.2, 0) is 4.79 Å². The molecule has 2 heterocycles. The highest BCUT2D eigenvalue weighted by Gasteiger charge is 2.20. The fraction of sp³-hybridized carbons (Fsp3) is 0.258. The Hall–Kier alpha value is -3.39. The van der Waals surface area contributed by atoms with E-state index in [1.807, 2.05) is 53.4 Å². The first-order chi connectivity index (χ1) is 19.1. The summed E-state index contributed by atoms with van der Waals surface area (Å²) in [6.45, 7) is 4.16. The number of hydrogen-bond donors (Lipinski definition) is 0. The minimum atomic E-state index is -0.127. The molecule has 1 fully saturated rings. The fourth-order valence-corrected chi connectivity index (χ4v) is 5.81. The molecule has 5 rings (SSSR count). The van der Waals surface area contributed by atoms with Gasteiger partial charge in [-0.25, -0.2) is 4.98 Å². The second-order valence-electron chi connectivity index (χ2n) is 9.48. The maximum atomic E-state index is 13.4. The summed E-state index contributed by atoms with van der Waals surface area (Å²) in [4.78, 5) is 35.4. The molecule has 4 aromatic rings. The number of aromatic nitrogens is 2. The third kappa shape index (κ3) is 6.98. The smallest absolute Gasteiger partial charge is 0.266 e. The molecule has 0 unspecified atom stereocenters. The van der Waals surface area contributed by atoms with Crippen LogP contribution in [-0.4, -0.2) is 63.7 Å². The highest BCUT2D eigenvalue weighted by atomic mass is 35.5. The van der Waals surface area contributed by atoms with Crippen molar-refractivity contribution in [2.24, 2.45) is 0 Å². The Balaban J connectivity index is 1.14. The number of hydrogen-bond acceptors (Lipinski definition) is 5. The predicted molar refractivity (Wildman–Crippen MR) is 161 cm³/mol. The summed E-state index contributed by atoms with van der Waals surface area (Å²) < 4.78 is 1.62. The van der Waals surface area contributed by atoms with Gasteiger partial charge in [-0.05, 0) is 42.3 Å². The highest BCUT2D eigenvalue weighted by molar-refractivity contribution is 7.99. The summed E-state index contributed by atoms with van der Waals surface area (Å²) in [5.74, 6) is 0.871. The summed E-state index contributed by atoms with van der Waals surface area (Å²) >= 11 is 7.72. The number of nitrogens with zero attached hydrogens (tertiary/aromatic N) is 4. The largest absolute Gasteiger partial charge is 0.340 e. The van der Waals surface area contributed by atoms with E-state index in [0.717, 1.165) is 32.7 Å². The maximum absolute atomic E-state index is 13.4. The lowest BCUT2D eigenvalue weighted by Crippen LogP contribution is -2.48. The molecule has 8 heteroatoms. The number of thioether (sulfide) groups is 1. The third-order valence-corrected chi connectivity index (χ3v) is 8.04. The number of amides is 1. The van der Waals surface area contributed by atoms with Crippen LogP contribution in [0.3, 0.4) is 0 Å². The van der Waals surface area contributed by atoms with Crippen LogP contribution in [0.25, 0.3) is 22.7 Å². The molecule has 3 aromatic carbocycles. The molecule has 0 atom stereocenters. The van der Waals surface area contributed by atoms with Crippen molar-refractivity contribution in [3.05, 3.63) is 106 Å². The number of benzene rings is 3. The van der Waals surface area contributed by atoms with Crippen molar-refractivity contribution in [2.45, 2.75) is 18.0 Å². The summed E-state index contributed by atoms with van der Waals surface area (Å²) in [5.41, 5.74) is 2.42. The minimum absolute atomic E-state index is 0.127. The Morgan fingerprint density at radius 1 is 0.949 bits per heavy atom. The standard InChI is InChI=1S/C31H31ClN4O2S/c32-25-12-6-13-26(23-25)36-30(38)27-14-4-5-15-28(27)33-31(36)39-22-8-16-29(37)35-20-18-34(19-21-35)17-7-11-24-9-2-1-3-10-24/h1-7,9-15,23H,8,16-22H2/b11-7+. The summed E-state index contributed by atoms with van der Waals surface area (Å²) in [5, 5.41) is 1.72. The molecule has 39 heavy (non-hydrogen) atoms. The molecule has 1 saturated heterocycles. The van der Waals surface area contributed by atoms with Gasteiger partial charge in [0.25, 0.3) is 5.56 Å². The Morgan fingerprint density at radius 3 is 2.51 bits per heavy atom. The minimum Gasteiger partial charge on any atom is -0.340 e. The monoisotopic (exact) mass is 558 g/mol. The van der Waals surface area contributed by atoms with Crippen molar-refractivity contribution in [1.29, 1.82) is 0 Å². The zero-order valence-corrected chi connectivity index (χ0v) is 23.3. The number of halogens is 1. The van der Waals surface area contributed by atoms with E-state index < -0.39 is 0 Å². The quantitative estimate of drug-likeness (QED) is 0.148. The summed E-state index contributed by atoms with van der Waals surface area (Å²) in [7, 11) is 0. The van der Waals surface area contributed by atoms with Gasteiger partial charge in [-0.1, -0.05) is 84.0 Å². The van der Waals surface area contributed by atoms with Crippen LogP contribution in [0.15, 0.2) is 94.9 Å². The molecule has 6 nitrogen and oxygen atoms in total. The molecule has 200 valence electrons. The van der Waals surface area contributed by atoms with E-state index in [4.69, 9.17) is 16.6 Å². The van der Waals surface area contributed by atoms with Crippen molar-refractivity contribution in [3.63, 3.8) is 0 Å². The number of para-hydroxylation sites is 1. The average molecular weight is 559 g/mol. The van der Waals surface area contributed by atoms with E-state index in [1.54, 1.807) is 22.8 Å².